The van der Waals surface area contributed by atoms with Crippen LogP contribution in [0.1, 0.15) is 38.9 Å². The fraction of sp³-hybridized carbons (Fsp3) is 0.260. The van der Waals surface area contributed by atoms with Crippen molar-refractivity contribution in [3.63, 3.8) is 0 Å². The zero-order valence-electron chi connectivity index (χ0n) is 34.4. The number of thioether (sulfide) groups is 1. The van der Waals surface area contributed by atoms with E-state index in [-0.39, 0.29) is 49.7 Å². The van der Waals surface area contributed by atoms with Gasteiger partial charge in [-0.1, -0.05) is 145 Å². The summed E-state index contributed by atoms with van der Waals surface area (Å²) in [5, 5.41) is -0.0487. The molecule has 14 heteroatoms. The molecule has 64 heavy (non-hydrogen) atoms. The minimum absolute atomic E-state index is 0.0227. The molecule has 1 aliphatic rings. The quantitative estimate of drug-likeness (QED) is 0.0513. The van der Waals surface area contributed by atoms with E-state index in [4.69, 9.17) is 28.4 Å². The van der Waals surface area contributed by atoms with Crippen molar-refractivity contribution in [3.05, 3.63) is 209 Å². The molecule has 0 amide bonds. The molecule has 0 bridgehead atoms. The third-order valence-electron chi connectivity index (χ3n) is 10.1. The highest BCUT2D eigenvalue weighted by Gasteiger charge is 2.50. The summed E-state index contributed by atoms with van der Waals surface area (Å²) in [4.78, 5) is 4.61. The summed E-state index contributed by atoms with van der Waals surface area (Å²) < 4.78 is 121. The van der Waals surface area contributed by atoms with Crippen LogP contribution in [0.5, 0.6) is 0 Å². The zero-order chi connectivity index (χ0) is 44.8. The first-order chi connectivity index (χ1) is 31.0. The van der Waals surface area contributed by atoms with Crippen LogP contribution >= 0.6 is 11.8 Å². The van der Waals surface area contributed by atoms with Gasteiger partial charge < -0.3 is 28.4 Å². The van der Waals surface area contributed by atoms with Crippen molar-refractivity contribution in [1.29, 1.82) is 0 Å². The van der Waals surface area contributed by atoms with Gasteiger partial charge in [-0.2, -0.15) is 26.3 Å². The highest BCUT2D eigenvalue weighted by molar-refractivity contribution is 8.12. The smallest absolute Gasteiger partial charge is 0.416 e. The van der Waals surface area contributed by atoms with E-state index in [1.165, 1.54) is 24.3 Å². The first-order valence-electron chi connectivity index (χ1n) is 20.4. The Morgan fingerprint density at radius 3 is 1.38 bits per heavy atom. The van der Waals surface area contributed by atoms with Gasteiger partial charge in [0.1, 0.15) is 24.4 Å². The highest BCUT2D eigenvalue weighted by atomic mass is 32.2. The van der Waals surface area contributed by atoms with Gasteiger partial charge >= 0.3 is 12.4 Å². The van der Waals surface area contributed by atoms with Crippen LogP contribution in [0, 0.1) is 0 Å². The molecule has 7 nitrogen and oxygen atoms in total. The molecule has 334 valence electrons. The lowest BCUT2D eigenvalue weighted by Crippen LogP contribution is -2.62. The fourth-order valence-electron chi connectivity index (χ4n) is 6.80. The van der Waals surface area contributed by atoms with Crippen LogP contribution in [0.4, 0.5) is 32.0 Å². The minimum Gasteiger partial charge on any atom is -0.440 e. The molecule has 1 saturated heterocycles. The SMILES string of the molecule is FC(F)(F)c1ccc(CSC(=Nc2ccc(C(F)(F)F)cc2)O[C@@H]2O[C@H](COCc3ccccc3)[C@@H](OCc3ccccc3)[C@H](OCc3ccccc3)[C@H]2OCc2ccccc2)cc1. The zero-order valence-corrected chi connectivity index (χ0v) is 35.2. The molecule has 0 saturated carbocycles. The number of ether oxygens (including phenoxy) is 6. The van der Waals surface area contributed by atoms with Gasteiger partial charge in [0.25, 0.3) is 5.23 Å². The molecule has 0 N–H and O–H groups in total. The second-order valence-corrected chi connectivity index (χ2v) is 15.8. The molecule has 0 radical (unpaired) electrons. The Morgan fingerprint density at radius 2 is 0.906 bits per heavy atom. The predicted octanol–water partition coefficient (Wildman–Crippen LogP) is 12.4. The average molecular weight is 902 g/mol. The van der Waals surface area contributed by atoms with Crippen LogP contribution in [0.3, 0.4) is 0 Å². The van der Waals surface area contributed by atoms with Gasteiger partial charge in [-0.15, -0.1) is 0 Å². The Kier molecular flexibility index (Phi) is 16.3. The molecule has 0 unspecified atom stereocenters. The molecule has 5 atom stereocenters. The Balaban J connectivity index is 1.26. The Labute approximate surface area is 372 Å². The topological polar surface area (TPSA) is 67.7 Å². The van der Waals surface area contributed by atoms with E-state index >= 15 is 0 Å². The van der Waals surface area contributed by atoms with Crippen LogP contribution in [0.25, 0.3) is 0 Å². The van der Waals surface area contributed by atoms with Gasteiger partial charge in [0.15, 0.2) is 0 Å². The Bertz CT molecular complexity index is 2320. The molecule has 1 fully saturated rings. The third-order valence-corrected chi connectivity index (χ3v) is 11.0. The van der Waals surface area contributed by atoms with Crippen LogP contribution in [-0.2, 0) is 73.0 Å². The summed E-state index contributed by atoms with van der Waals surface area (Å²) in [6, 6.07) is 47.1. The summed E-state index contributed by atoms with van der Waals surface area (Å²) in [5.41, 5.74) is 2.51. The molecule has 0 aromatic heterocycles. The number of aliphatic imine (C=N–C) groups is 1. The summed E-state index contributed by atoms with van der Waals surface area (Å²) in [6.07, 6.45) is -13.9. The van der Waals surface area contributed by atoms with Gasteiger partial charge in [-0.25, -0.2) is 4.99 Å². The van der Waals surface area contributed by atoms with Crippen molar-refractivity contribution < 1.29 is 54.8 Å². The van der Waals surface area contributed by atoms with E-state index in [9.17, 15) is 26.3 Å². The van der Waals surface area contributed by atoms with Crippen LogP contribution < -0.4 is 0 Å². The van der Waals surface area contributed by atoms with Crippen molar-refractivity contribution in [2.75, 3.05) is 6.61 Å². The molecule has 6 aromatic carbocycles. The van der Waals surface area contributed by atoms with E-state index in [2.05, 4.69) is 4.99 Å². The second kappa shape index (κ2) is 22.4. The van der Waals surface area contributed by atoms with Crippen molar-refractivity contribution in [2.24, 2.45) is 4.99 Å². The molecule has 0 aliphatic carbocycles. The number of hydrogen-bond acceptors (Lipinski definition) is 8. The number of rotatable bonds is 17. The van der Waals surface area contributed by atoms with Crippen molar-refractivity contribution in [3.8, 4) is 0 Å². The average Bonchev–Trinajstić information content (AvgIpc) is 3.30. The van der Waals surface area contributed by atoms with E-state index in [1.807, 2.05) is 121 Å². The maximum Gasteiger partial charge on any atom is 0.416 e. The normalized spacial score (nSPS) is 19.3. The molecule has 1 aliphatic heterocycles. The fourth-order valence-corrected chi connectivity index (χ4v) is 7.61. The van der Waals surface area contributed by atoms with Crippen LogP contribution in [0.15, 0.2) is 175 Å². The number of halogens is 6. The molecule has 7 rings (SSSR count). The van der Waals surface area contributed by atoms with E-state index in [0.717, 1.165) is 58.3 Å². The van der Waals surface area contributed by atoms with E-state index < -0.39 is 54.2 Å². The standard InChI is InChI=1S/C50H45F6NO6S/c51-49(52,53)40-23-21-39(22-24-40)34-64-48(57-42-27-25-41(26-28-42)50(54,55)56)63-47-46(61-32-38-19-11-4-12-20-38)45(60-31-37-17-9-3-10-18-37)44(59-30-36-15-7-2-8-16-36)43(62-47)33-58-29-35-13-5-1-6-14-35/h1-28,43-47H,29-34H2/t43-,44-,45+,46-,47+/m1/s1. The van der Waals surface area contributed by atoms with Crippen LogP contribution in [-0.4, -0.2) is 42.5 Å². The monoisotopic (exact) mass is 901 g/mol. The molecule has 0 spiro atoms. The summed E-state index contributed by atoms with van der Waals surface area (Å²) in [7, 11) is 0. The van der Waals surface area contributed by atoms with E-state index in [0.29, 0.717) is 5.56 Å². The van der Waals surface area contributed by atoms with Crippen LogP contribution in [0.2, 0.25) is 0 Å². The van der Waals surface area contributed by atoms with Gasteiger partial charge in [-0.05, 0) is 64.2 Å². The summed E-state index contributed by atoms with van der Waals surface area (Å²) >= 11 is 1.02. The number of nitrogens with zero attached hydrogens (tertiary/aromatic N) is 1. The molecule has 1 heterocycles. The first-order valence-corrected chi connectivity index (χ1v) is 21.4. The van der Waals surface area contributed by atoms with Crippen molar-refractivity contribution in [1.82, 2.24) is 0 Å². The molecular weight excluding hydrogens is 857 g/mol. The maximum atomic E-state index is 13.6. The van der Waals surface area contributed by atoms with Crippen molar-refractivity contribution in [2.45, 2.75) is 75.2 Å². The Morgan fingerprint density at radius 1 is 0.484 bits per heavy atom. The van der Waals surface area contributed by atoms with Crippen molar-refractivity contribution >= 4 is 22.7 Å². The molecular formula is C50H45F6NO6S. The number of benzene rings is 6. The van der Waals surface area contributed by atoms with E-state index in [1.54, 1.807) is 0 Å². The number of alkyl halides is 6. The molecule has 6 aromatic rings. The van der Waals surface area contributed by atoms with Gasteiger partial charge in [0, 0.05) is 5.75 Å². The lowest BCUT2D eigenvalue weighted by molar-refractivity contribution is -0.312. The lowest BCUT2D eigenvalue weighted by Gasteiger charge is -2.45. The summed E-state index contributed by atoms with van der Waals surface area (Å²) in [5.74, 6) is 0.0836. The van der Waals surface area contributed by atoms with Gasteiger partial charge in [-0.3, -0.25) is 0 Å². The number of hydrogen-bond donors (Lipinski definition) is 0. The lowest BCUT2D eigenvalue weighted by atomic mass is 9.97. The maximum absolute atomic E-state index is 13.6. The predicted molar refractivity (Wildman–Crippen MR) is 232 cm³/mol. The minimum atomic E-state index is -4.58. The third kappa shape index (κ3) is 13.8. The Hall–Kier alpha value is -5.48. The second-order valence-electron chi connectivity index (χ2n) is 14.9. The largest absolute Gasteiger partial charge is 0.440 e. The first kappa shape index (κ1) is 46.5. The van der Waals surface area contributed by atoms with Gasteiger partial charge in [0.05, 0.1) is 49.8 Å². The summed E-state index contributed by atoms with van der Waals surface area (Å²) in [6.45, 7) is 0.724. The highest BCUT2D eigenvalue weighted by Crippen LogP contribution is 2.35. The van der Waals surface area contributed by atoms with Gasteiger partial charge in [0.2, 0.25) is 6.29 Å².